The smallest absolute Gasteiger partial charge is 0.384 e. The number of pyridine rings is 11. The normalized spacial score (nSPS) is 11.9. The molecule has 21 rings (SSSR count). The van der Waals surface area contributed by atoms with Crippen molar-refractivity contribution in [1.29, 1.82) is 0 Å². The zero-order valence-electron chi connectivity index (χ0n) is 68.9. The van der Waals surface area contributed by atoms with Gasteiger partial charge in [0.1, 0.15) is 35.3 Å². The van der Waals surface area contributed by atoms with Crippen LogP contribution < -0.4 is 28.0 Å². The summed E-state index contributed by atoms with van der Waals surface area (Å²) in [7, 11) is 1.78. The maximum absolute atomic E-state index is 14.0. The van der Waals surface area contributed by atoms with Gasteiger partial charge in [-0.25, -0.2) is 22.5 Å². The third kappa shape index (κ3) is 17.3. The number of hydrogen-bond donors (Lipinski definition) is 1. The number of aryl methyl sites for hydroxylation is 1. The van der Waals surface area contributed by atoms with E-state index in [-0.39, 0.29) is 28.6 Å². The van der Waals surface area contributed by atoms with Crippen molar-refractivity contribution in [3.8, 4) is 67.3 Å². The summed E-state index contributed by atoms with van der Waals surface area (Å²) in [5.74, 6) is -5.05. The lowest BCUT2D eigenvalue weighted by Gasteiger charge is -2.15. The van der Waals surface area contributed by atoms with E-state index in [1.54, 1.807) is 128 Å². The SMILES string of the molecule is Cn1cc(-c2ccc3ncc4ccc(=O)n(-c5ccc(F)c(C(F)(F)F)c5)c4c3c2)cn1.Nc1ccc(-c2ccc3ncc4ccc(=O)n(-c5ccc(F)c(C(F)(F)F)c5)c4c3c2)cn1.O=c1ccc2cnc3ccc(-c4cnc5ccccc5c4)cc3c2n1-c1ccc(F)c(C(F)(F)F)c1.[C-]#[N+]c1ccc(-c2ccc3ncc4ccc(=O)n(-c5ccc(F)c(C(F)(F)F)c5)c4c3c2)cn1. The highest BCUT2D eigenvalue weighted by atomic mass is 19.4. The predicted octanol–water partition coefficient (Wildman–Crippen LogP) is 23.7. The van der Waals surface area contributed by atoms with E-state index in [0.29, 0.717) is 147 Å². The van der Waals surface area contributed by atoms with E-state index in [2.05, 4.69) is 44.8 Å². The van der Waals surface area contributed by atoms with Crippen LogP contribution in [-0.4, -0.2) is 62.9 Å². The van der Waals surface area contributed by atoms with Crippen molar-refractivity contribution in [2.24, 2.45) is 7.05 Å². The first kappa shape index (κ1) is 88.2. The lowest BCUT2D eigenvalue weighted by atomic mass is 10.0. The maximum Gasteiger partial charge on any atom is 0.419 e. The van der Waals surface area contributed by atoms with Crippen LogP contribution >= 0.6 is 0 Å². The molecule has 0 amide bonds. The molecular formula is C100H55F16N15O4. The van der Waals surface area contributed by atoms with Gasteiger partial charge in [0.15, 0.2) is 0 Å². The van der Waals surface area contributed by atoms with Gasteiger partial charge in [0.25, 0.3) is 28.1 Å². The summed E-state index contributed by atoms with van der Waals surface area (Å²) in [6.45, 7) is 7.04. The standard InChI is InChI=1S/C28H15F4N3O.C25H12F4N4O.C24H14F4N4O.C23H14F4N4O/c29-23-8-7-20(13-22(23)28(30,31)32)35-26(36)10-6-18-14-34-25-9-5-16(12-21(25)27(18)35)19-11-17-3-1-2-4-24(17)33-15-19;1-30-22-8-3-15(12-32-22)14-2-7-21-18(10-14)24-16(13-31-21)4-9-23(34)33(24)17-5-6-20(26)19(11-17)25(27,28)29;25-19-5-4-16(10-18(19)24(26,27)28)32-22(33)8-3-15-12-30-20-6-1-13(9-17(20)23(15)32)14-2-7-21(29)31-11-14;1-30-12-15(11-29-30)13-2-6-20-17(8-13)22-14(10-28-20)3-7-21(32)31(22)16-4-5-19(24)18(9-16)23(25,26)27/h1-15H;2-13H;1-12H,(H2,29,31);2-12H,1H3. The summed E-state index contributed by atoms with van der Waals surface area (Å²) in [5.41, 5.74) is 7.89. The van der Waals surface area contributed by atoms with Gasteiger partial charge in [-0.2, -0.15) is 57.8 Å². The van der Waals surface area contributed by atoms with Crippen molar-refractivity contribution in [3.63, 3.8) is 0 Å². The molecule has 0 saturated carbocycles. The highest BCUT2D eigenvalue weighted by Crippen LogP contribution is 2.42. The van der Waals surface area contributed by atoms with Crippen LogP contribution in [0.3, 0.4) is 0 Å². The molecule has 135 heavy (non-hydrogen) atoms. The fourth-order valence-corrected chi connectivity index (χ4v) is 15.9. The van der Waals surface area contributed by atoms with E-state index in [1.807, 2.05) is 66.9 Å². The fraction of sp³-hybridized carbons (Fsp3) is 0.0500. The molecule has 0 saturated heterocycles. The monoisotopic (exact) mass is 1830 g/mol. The van der Waals surface area contributed by atoms with Crippen LogP contribution in [0.25, 0.3) is 170 Å². The molecule has 12 heterocycles. The molecule has 0 bridgehead atoms. The molecule has 0 aliphatic heterocycles. The Bertz CT molecular complexity index is 8730. The Balaban J connectivity index is 0.000000120. The van der Waals surface area contributed by atoms with E-state index in [0.717, 1.165) is 92.9 Å². The largest absolute Gasteiger partial charge is 0.419 e. The topological polar surface area (TPSA) is 226 Å². The van der Waals surface area contributed by atoms with Crippen molar-refractivity contribution in [1.82, 2.24) is 62.9 Å². The van der Waals surface area contributed by atoms with Crippen LogP contribution in [0.4, 0.5) is 81.9 Å². The van der Waals surface area contributed by atoms with Gasteiger partial charge in [0.05, 0.1) is 101 Å². The minimum absolute atomic E-state index is 0.0893. The van der Waals surface area contributed by atoms with E-state index in [9.17, 15) is 89.4 Å². The molecule has 21 aromatic rings. The summed E-state index contributed by atoms with van der Waals surface area (Å²) in [5, 5.41) is 9.45. The van der Waals surface area contributed by atoms with E-state index >= 15 is 0 Å². The van der Waals surface area contributed by atoms with Crippen LogP contribution in [0.15, 0.2) is 324 Å². The van der Waals surface area contributed by atoms with Gasteiger partial charge in [0.2, 0.25) is 0 Å². The van der Waals surface area contributed by atoms with Gasteiger partial charge in [-0.1, -0.05) is 55.1 Å². The number of anilines is 1. The molecule has 9 aromatic carbocycles. The molecule has 19 nitrogen and oxygen atoms in total. The van der Waals surface area contributed by atoms with Crippen molar-refractivity contribution in [3.05, 3.63) is 403 Å². The Hall–Kier alpha value is -17.5. The summed E-state index contributed by atoms with van der Waals surface area (Å²) in [6, 6.07) is 59.1. The van der Waals surface area contributed by atoms with Crippen LogP contribution in [0.1, 0.15) is 22.3 Å². The summed E-state index contributed by atoms with van der Waals surface area (Å²) in [6.07, 6.45) is -5.10. The van der Waals surface area contributed by atoms with Crippen molar-refractivity contribution >= 4 is 110 Å². The van der Waals surface area contributed by atoms with E-state index in [1.165, 1.54) is 48.9 Å². The van der Waals surface area contributed by atoms with Gasteiger partial charge in [0, 0.05) is 145 Å². The number of alkyl halides is 12. The second-order valence-corrected chi connectivity index (χ2v) is 30.7. The zero-order valence-corrected chi connectivity index (χ0v) is 68.9. The third-order valence-corrected chi connectivity index (χ3v) is 22.2. The van der Waals surface area contributed by atoms with Gasteiger partial charge in [-0.05, 0) is 198 Å². The van der Waals surface area contributed by atoms with Crippen molar-refractivity contribution in [2.45, 2.75) is 24.7 Å². The summed E-state index contributed by atoms with van der Waals surface area (Å²) < 4.78 is 222. The Kier molecular flexibility index (Phi) is 22.5. The zero-order chi connectivity index (χ0) is 95.0. The number of nitrogens with two attached hydrogens (primary N) is 1. The molecule has 0 atom stereocenters. The minimum Gasteiger partial charge on any atom is -0.384 e. The molecule has 12 aromatic heterocycles. The Morgan fingerprint density at radius 1 is 0.289 bits per heavy atom. The second kappa shape index (κ2) is 34.4. The molecule has 0 fully saturated rings. The number of aromatic nitrogens is 13. The minimum atomic E-state index is -4.92. The number of hydrogen-bond acceptors (Lipinski definition) is 13. The fourth-order valence-electron chi connectivity index (χ4n) is 15.9. The summed E-state index contributed by atoms with van der Waals surface area (Å²) in [4.78, 5) is 85.1. The number of para-hydroxylation sites is 1. The Morgan fingerprint density at radius 2 is 0.600 bits per heavy atom. The van der Waals surface area contributed by atoms with E-state index in [4.69, 9.17) is 12.3 Å². The highest BCUT2D eigenvalue weighted by molar-refractivity contribution is 6.09. The van der Waals surface area contributed by atoms with Crippen LogP contribution in [0.5, 0.6) is 0 Å². The van der Waals surface area contributed by atoms with Crippen LogP contribution in [0, 0.1) is 29.8 Å². The number of nitrogens with zero attached hydrogens (tertiary/aromatic N) is 14. The second-order valence-electron chi connectivity index (χ2n) is 30.7. The van der Waals surface area contributed by atoms with Gasteiger partial charge >= 0.3 is 24.7 Å². The lowest BCUT2D eigenvalue weighted by molar-refractivity contribution is -0.140. The average Bonchev–Trinajstić information content (AvgIpc) is 0.995. The van der Waals surface area contributed by atoms with Crippen molar-refractivity contribution < 1.29 is 70.2 Å². The first-order valence-electron chi connectivity index (χ1n) is 40.2. The molecule has 0 spiro atoms. The third-order valence-electron chi connectivity index (χ3n) is 22.2. The van der Waals surface area contributed by atoms with Crippen molar-refractivity contribution in [2.75, 3.05) is 5.73 Å². The van der Waals surface area contributed by atoms with E-state index < -0.39 is 92.5 Å². The maximum atomic E-state index is 14.0. The number of rotatable bonds is 8. The van der Waals surface area contributed by atoms with Gasteiger partial charge in [-0.15, -0.1) is 4.98 Å². The summed E-state index contributed by atoms with van der Waals surface area (Å²) >= 11 is 0. The molecule has 0 aliphatic carbocycles. The highest BCUT2D eigenvalue weighted by Gasteiger charge is 2.38. The Labute approximate surface area is 747 Å². The average molecular weight is 1830 g/mol. The molecular weight excluding hydrogens is 1780 g/mol. The lowest BCUT2D eigenvalue weighted by Crippen LogP contribution is -2.19. The van der Waals surface area contributed by atoms with Gasteiger partial charge in [-0.3, -0.25) is 67.0 Å². The predicted molar refractivity (Wildman–Crippen MR) is 479 cm³/mol. The molecule has 666 valence electrons. The number of benzene rings is 9. The first-order valence-corrected chi connectivity index (χ1v) is 40.2. The quantitative estimate of drug-likeness (QED) is 0.0849. The number of fused-ring (bicyclic) bond motifs is 13. The first-order chi connectivity index (χ1) is 64.5. The molecule has 2 N–H and O–H groups in total. The molecule has 35 heteroatoms. The number of halogens is 16. The van der Waals surface area contributed by atoms with Crippen LogP contribution in [0.2, 0.25) is 0 Å². The Morgan fingerprint density at radius 3 is 0.911 bits per heavy atom. The van der Waals surface area contributed by atoms with Gasteiger partial charge < -0.3 is 10.6 Å². The molecule has 0 radical (unpaired) electrons. The molecule has 0 aliphatic rings. The molecule has 0 unspecified atom stereocenters. The number of nitrogen functional groups attached to an aromatic ring is 1. The van der Waals surface area contributed by atoms with Crippen LogP contribution in [-0.2, 0) is 31.8 Å².